The van der Waals surface area contributed by atoms with E-state index >= 15 is 0 Å². The molecule has 11 amide bonds. The maximum Gasteiger partial charge on any atom is 0.317 e. The van der Waals surface area contributed by atoms with Gasteiger partial charge in [-0.1, -0.05) is 88.2 Å². The highest BCUT2D eigenvalue weighted by Gasteiger charge is 2.45. The minimum absolute atomic E-state index is 0.0104. The van der Waals surface area contributed by atoms with Crippen molar-refractivity contribution in [3.63, 3.8) is 0 Å². The standard InChI is InChI=1S/C83H130N14O19S3/c1-6-8-10-24-74(103)89-67-55-119-54-63-45-61(52-117-43-32-87-73(102)28-27-72(101)86-31-18-38-115-40-42-116-41-39-114-37-17-30-85-71(100)23-13-14-29-83(93(5)49-75(104)105)56-94(48-59(4)98)35-36-95(57-83)50-76(106)107)44-62(46-63)53-118-51-58(3)88-79(110)66(47-60-19-11-9-12-20-60)92-78(109)65(25-26-70(84)99)91-77(108)64(7-2)90-80(111)68-21-15-33-96(68)82(113)69-22-16-34-97(69)81(67)112/h9,11-12,19-20,44-46,58,64-69,98H,4,6-8,10,13-18,21-43,47-57H2,1-3,5H3,(H2,84,99)(H,85,100)(H,86,101)(H,87,102)(H,88,110)(H,89,103)(H,90,111)(H,91,108)(H,92,109)(H,104,105)(H,106,107)/t58-,64+,65+,66+,67+,68+,69+,83?/m1/s1. The van der Waals surface area contributed by atoms with Gasteiger partial charge >= 0.3 is 11.9 Å². The number of aliphatic hydroxyl groups excluding tert-OH is 1. The highest BCUT2D eigenvalue weighted by atomic mass is 32.2. The van der Waals surface area contributed by atoms with Crippen LogP contribution in [0.1, 0.15) is 165 Å². The Balaban J connectivity index is 0.942. The first-order valence-electron chi connectivity index (χ1n) is 41.9. The van der Waals surface area contributed by atoms with Gasteiger partial charge in [0, 0.05) is 157 Å². The van der Waals surface area contributed by atoms with E-state index in [9.17, 15) is 77.6 Å². The van der Waals surface area contributed by atoms with Gasteiger partial charge in [-0.05, 0) is 107 Å². The smallest absolute Gasteiger partial charge is 0.317 e. The molecule has 0 saturated carbocycles. The number of primary amides is 1. The van der Waals surface area contributed by atoms with Gasteiger partial charge in [-0.3, -0.25) is 77.0 Å². The number of benzene rings is 2. The number of nitrogens with zero attached hydrogens (tertiary/aromatic N) is 5. The van der Waals surface area contributed by atoms with Crippen LogP contribution < -0.4 is 48.3 Å². The number of carboxylic acids is 2. The summed E-state index contributed by atoms with van der Waals surface area (Å²) >= 11 is 4.69. The Morgan fingerprint density at radius 2 is 1.14 bits per heavy atom. The highest BCUT2D eigenvalue weighted by molar-refractivity contribution is 7.99. The Morgan fingerprint density at radius 1 is 0.597 bits per heavy atom. The summed E-state index contributed by atoms with van der Waals surface area (Å²) in [6, 6.07) is 8.56. The predicted molar refractivity (Wildman–Crippen MR) is 456 cm³/mol. The summed E-state index contributed by atoms with van der Waals surface area (Å²) in [5.74, 6) is -4.17. The zero-order valence-corrected chi connectivity index (χ0v) is 72.3. The van der Waals surface area contributed by atoms with E-state index < -0.39 is 101 Å². The fourth-order valence-corrected chi connectivity index (χ4v) is 17.6. The second kappa shape index (κ2) is 55.0. The van der Waals surface area contributed by atoms with Crippen LogP contribution in [0.15, 0.2) is 60.9 Å². The maximum atomic E-state index is 14.9. The van der Waals surface area contributed by atoms with Crippen LogP contribution in [0.5, 0.6) is 0 Å². The first-order valence-corrected chi connectivity index (χ1v) is 45.4. The summed E-state index contributed by atoms with van der Waals surface area (Å²) in [6.45, 7) is 14.3. The van der Waals surface area contributed by atoms with Crippen LogP contribution in [0.4, 0.5) is 0 Å². The molecule has 33 nitrogen and oxygen atoms in total. The van der Waals surface area contributed by atoms with Gasteiger partial charge in [-0.15, -0.1) is 0 Å². The molecule has 2 aromatic carbocycles. The first-order chi connectivity index (χ1) is 57.1. The zero-order chi connectivity index (χ0) is 86.5. The second-order valence-corrected chi connectivity index (χ2v) is 34.2. The van der Waals surface area contributed by atoms with Gasteiger partial charge < -0.3 is 87.6 Å². The SMILES string of the molecule is C=C(O)CN1CCN(CC(=O)O)CC(CCCCC(=O)NCCCOCCOCCOCCCNC(=O)CCC(=O)NCCSCc2cc3cc(c2)CSC[C@H](NC(=O)CCCCC)C(=O)N2CCC[C@H]2C(=O)N2CCC[C@H]2C(=O)N[C@@H](CC)C(=O)N[C@@H](CCC(N)=O)C(=O)N[C@@H](Cc2ccccc2)C(=O)N[C@H](C)CSC3)(N(C)CC(=O)O)C1. The predicted octanol–water partition coefficient (Wildman–Crippen LogP) is 3.37. The number of ether oxygens (including phenoxy) is 3. The summed E-state index contributed by atoms with van der Waals surface area (Å²) in [6.07, 6.45) is 7.02. The summed E-state index contributed by atoms with van der Waals surface area (Å²) in [5.41, 5.74) is 8.53. The molecule has 6 rings (SSSR count). The number of hydrogen-bond acceptors (Lipinski definition) is 23. The molecule has 0 aliphatic carbocycles. The van der Waals surface area contributed by atoms with E-state index in [0.717, 1.165) is 35.1 Å². The number of fused-ring (bicyclic) bond motifs is 4. The topological polar surface area (TPSA) is 449 Å². The van der Waals surface area contributed by atoms with Gasteiger partial charge in [0.1, 0.15) is 36.3 Å². The molecule has 4 heterocycles. The molecule has 2 aromatic rings. The Morgan fingerprint density at radius 3 is 1.75 bits per heavy atom. The number of likely N-dealkylation sites (N-methyl/N-ethyl adjacent to an activating group) is 1. The van der Waals surface area contributed by atoms with Crippen LogP contribution in [0, 0.1) is 0 Å². The lowest BCUT2D eigenvalue weighted by molar-refractivity contribution is -0.148. The van der Waals surface area contributed by atoms with Crippen LogP contribution in [0.25, 0.3) is 0 Å². The summed E-state index contributed by atoms with van der Waals surface area (Å²) in [7, 11) is 1.71. The summed E-state index contributed by atoms with van der Waals surface area (Å²) in [4.78, 5) is 183. The molecular weight excluding hydrogens is 1590 g/mol. The van der Waals surface area contributed by atoms with Gasteiger partial charge in [-0.2, -0.15) is 35.3 Å². The van der Waals surface area contributed by atoms with Crippen LogP contribution in [0.3, 0.4) is 0 Å². The third-order valence-corrected chi connectivity index (χ3v) is 24.4. The normalized spacial score (nSPS) is 21.7. The molecule has 119 heavy (non-hydrogen) atoms. The first kappa shape index (κ1) is 99.7. The Bertz CT molecular complexity index is 3580. The number of thioether (sulfide) groups is 3. The van der Waals surface area contributed by atoms with Crippen LogP contribution in [0.2, 0.25) is 0 Å². The van der Waals surface area contributed by atoms with Crippen molar-refractivity contribution in [2.75, 3.05) is 142 Å². The quantitative estimate of drug-likeness (QED) is 0.0334. The molecular formula is C83H130N14O19S3. The number of rotatable bonds is 45. The molecule has 664 valence electrons. The third-order valence-electron chi connectivity index (χ3n) is 21.0. The number of carbonyl (C=O) groups is 13. The average Bonchev–Trinajstić information content (AvgIpc) is 1.70. The van der Waals surface area contributed by atoms with E-state index in [4.69, 9.17) is 19.9 Å². The molecule has 8 atom stereocenters. The lowest BCUT2D eigenvalue weighted by Gasteiger charge is -2.44. The molecule has 3 fully saturated rings. The van der Waals surface area contributed by atoms with E-state index in [-0.39, 0.29) is 119 Å². The van der Waals surface area contributed by atoms with Crippen molar-refractivity contribution < 1.29 is 91.9 Å². The van der Waals surface area contributed by atoms with Crippen molar-refractivity contribution >= 4 is 112 Å². The molecule has 1 unspecified atom stereocenters. The van der Waals surface area contributed by atoms with Gasteiger partial charge in [0.25, 0.3) is 0 Å². The van der Waals surface area contributed by atoms with Crippen molar-refractivity contribution in [2.45, 2.75) is 214 Å². The lowest BCUT2D eigenvalue weighted by Crippen LogP contribution is -2.59. The maximum absolute atomic E-state index is 14.9. The highest BCUT2D eigenvalue weighted by Crippen LogP contribution is 2.31. The van der Waals surface area contributed by atoms with Crippen molar-refractivity contribution in [3.05, 3.63) is 83.1 Å². The van der Waals surface area contributed by atoms with Crippen molar-refractivity contribution in [1.82, 2.24) is 67.0 Å². The van der Waals surface area contributed by atoms with E-state index in [0.29, 0.717) is 178 Å². The number of aliphatic hydroxyl groups is 1. The molecule has 0 radical (unpaired) electrons. The zero-order valence-electron chi connectivity index (χ0n) is 69.9. The van der Waals surface area contributed by atoms with Gasteiger partial charge in [0.2, 0.25) is 65.0 Å². The Labute approximate surface area is 712 Å². The monoisotopic (exact) mass is 1720 g/mol. The molecule has 13 N–H and O–H groups in total. The molecule has 0 aromatic heterocycles. The van der Waals surface area contributed by atoms with E-state index in [1.165, 1.54) is 21.6 Å². The molecule has 3 saturated heterocycles. The van der Waals surface area contributed by atoms with Crippen LogP contribution in [-0.4, -0.2) is 307 Å². The van der Waals surface area contributed by atoms with Gasteiger partial charge in [-0.25, -0.2) is 0 Å². The fourth-order valence-electron chi connectivity index (χ4n) is 14.9. The van der Waals surface area contributed by atoms with Crippen LogP contribution in [-0.2, 0) is 100 Å². The minimum atomic E-state index is -1.35. The van der Waals surface area contributed by atoms with Gasteiger partial charge in [0.15, 0.2) is 0 Å². The lowest BCUT2D eigenvalue weighted by atomic mass is 9.88. The van der Waals surface area contributed by atoms with Crippen molar-refractivity contribution in [3.8, 4) is 0 Å². The van der Waals surface area contributed by atoms with E-state index in [1.807, 2.05) is 49.1 Å². The van der Waals surface area contributed by atoms with E-state index in [2.05, 4.69) is 67.3 Å². The average molecular weight is 1720 g/mol. The van der Waals surface area contributed by atoms with Gasteiger partial charge in [0.05, 0.1) is 51.8 Å². The number of nitrogens with two attached hydrogens (primary N) is 1. The molecule has 4 aliphatic rings. The molecule has 2 bridgehead atoms. The number of carboxylic acid groups (broad SMARTS) is 2. The third kappa shape index (κ3) is 37.8. The fraction of sp³-hybridized carbons (Fsp3) is 0.675. The van der Waals surface area contributed by atoms with Crippen molar-refractivity contribution in [2.24, 2.45) is 5.73 Å². The largest absolute Gasteiger partial charge is 0.512 e. The molecule has 4 aliphatic heterocycles. The number of carbonyl (C=O) groups excluding carboxylic acids is 11. The number of amides is 11. The summed E-state index contributed by atoms with van der Waals surface area (Å²) < 4.78 is 16.9. The molecule has 0 spiro atoms. The Hall–Kier alpha value is -8.10. The van der Waals surface area contributed by atoms with E-state index in [1.54, 1.807) is 47.3 Å². The number of aliphatic carboxylic acids is 2. The molecule has 36 heteroatoms. The van der Waals surface area contributed by atoms with Crippen molar-refractivity contribution in [1.29, 1.82) is 0 Å². The number of hydrogen-bond donors (Lipinski definition) is 12. The number of nitrogens with one attached hydrogen (secondary N) is 8. The Kier molecular flexibility index (Phi) is 46.1. The second-order valence-electron chi connectivity index (χ2n) is 31.0. The number of unbranched alkanes of at least 4 members (excludes halogenated alkanes) is 3. The summed E-state index contributed by atoms with van der Waals surface area (Å²) in [5, 5.41) is 52.3. The minimum Gasteiger partial charge on any atom is -0.512 e. The van der Waals surface area contributed by atoms with Crippen LogP contribution >= 0.6 is 35.3 Å².